The number of nitrogens with zero attached hydrogens (tertiary/aromatic N) is 1. The average molecular weight is 326 g/mol. The summed E-state index contributed by atoms with van der Waals surface area (Å²) in [7, 11) is 3.29. The second-order valence-electron chi connectivity index (χ2n) is 5.42. The number of para-hydroxylation sites is 1. The minimum atomic E-state index is -0.273. The van der Waals surface area contributed by atoms with Crippen LogP contribution in [-0.2, 0) is 16.0 Å². The third kappa shape index (κ3) is 5.12. The van der Waals surface area contributed by atoms with Gasteiger partial charge in [-0.3, -0.25) is 9.59 Å². The Bertz CT molecular complexity index is 686. The van der Waals surface area contributed by atoms with Crippen LogP contribution in [0.4, 0.5) is 5.69 Å². The van der Waals surface area contributed by atoms with E-state index in [4.69, 9.17) is 4.74 Å². The molecular weight excluding hydrogens is 304 g/mol. The van der Waals surface area contributed by atoms with Crippen molar-refractivity contribution in [3.63, 3.8) is 0 Å². The van der Waals surface area contributed by atoms with Gasteiger partial charge in [-0.1, -0.05) is 30.3 Å². The zero-order chi connectivity index (χ0) is 17.4. The van der Waals surface area contributed by atoms with Gasteiger partial charge in [0.05, 0.1) is 7.11 Å². The van der Waals surface area contributed by atoms with E-state index in [1.165, 1.54) is 4.90 Å². The molecule has 5 nitrogen and oxygen atoms in total. The normalized spacial score (nSPS) is 10.1. The molecule has 2 rings (SSSR count). The smallest absolute Gasteiger partial charge is 0.236 e. The molecule has 2 aromatic carbocycles. The van der Waals surface area contributed by atoms with Gasteiger partial charge in [0.25, 0.3) is 0 Å². The van der Waals surface area contributed by atoms with Crippen LogP contribution in [0.3, 0.4) is 0 Å². The summed E-state index contributed by atoms with van der Waals surface area (Å²) in [6.45, 7) is 0.480. The van der Waals surface area contributed by atoms with Crippen molar-refractivity contribution in [2.24, 2.45) is 0 Å². The predicted molar refractivity (Wildman–Crippen MR) is 94.2 cm³/mol. The van der Waals surface area contributed by atoms with Crippen molar-refractivity contribution in [2.45, 2.75) is 12.8 Å². The number of hydrogen-bond donors (Lipinski definition) is 1. The molecule has 0 unspecified atom stereocenters. The number of carbonyl (C=O) groups is 2. The zero-order valence-electron chi connectivity index (χ0n) is 14.0. The topological polar surface area (TPSA) is 58.6 Å². The van der Waals surface area contributed by atoms with Gasteiger partial charge < -0.3 is 15.0 Å². The lowest BCUT2D eigenvalue weighted by Crippen LogP contribution is -2.34. The quantitative estimate of drug-likeness (QED) is 0.795. The van der Waals surface area contributed by atoms with E-state index in [0.717, 1.165) is 17.0 Å². The molecule has 2 aromatic rings. The van der Waals surface area contributed by atoms with Gasteiger partial charge in [0.1, 0.15) is 12.2 Å². The number of rotatable bonds is 7. The number of anilines is 1. The largest absolute Gasteiger partial charge is 0.497 e. The summed E-state index contributed by atoms with van der Waals surface area (Å²) in [6, 6.07) is 16.9. The Morgan fingerprint density at radius 2 is 1.83 bits per heavy atom. The fourth-order valence-electron chi connectivity index (χ4n) is 2.29. The van der Waals surface area contributed by atoms with Gasteiger partial charge in [-0.25, -0.2) is 0 Å². The number of carbonyl (C=O) groups excluding carboxylic acids is 2. The predicted octanol–water partition coefficient (Wildman–Crippen LogP) is 2.41. The highest BCUT2D eigenvalue weighted by molar-refractivity contribution is 6.04. The van der Waals surface area contributed by atoms with Gasteiger partial charge in [-0.2, -0.15) is 0 Å². The lowest BCUT2D eigenvalue weighted by atomic mass is 10.1. The molecule has 0 aliphatic heterocycles. The minimum Gasteiger partial charge on any atom is -0.497 e. The average Bonchev–Trinajstić information content (AvgIpc) is 2.62. The number of benzene rings is 2. The maximum absolute atomic E-state index is 12.1. The van der Waals surface area contributed by atoms with Crippen molar-refractivity contribution in [1.82, 2.24) is 5.32 Å². The molecule has 0 bridgehead atoms. The number of amides is 2. The van der Waals surface area contributed by atoms with E-state index >= 15 is 0 Å². The Labute approximate surface area is 142 Å². The number of nitrogens with one attached hydrogen (secondary N) is 1. The van der Waals surface area contributed by atoms with E-state index in [-0.39, 0.29) is 18.2 Å². The lowest BCUT2D eigenvalue weighted by molar-refractivity contribution is -0.127. The first-order chi connectivity index (χ1) is 11.6. The highest BCUT2D eigenvalue weighted by Crippen LogP contribution is 2.13. The van der Waals surface area contributed by atoms with Crippen LogP contribution in [0, 0.1) is 0 Å². The van der Waals surface area contributed by atoms with E-state index in [2.05, 4.69) is 5.32 Å². The molecule has 5 heteroatoms. The summed E-state index contributed by atoms with van der Waals surface area (Å²) in [6.07, 6.45) is 0.523. The molecule has 1 N–H and O–H groups in total. The summed E-state index contributed by atoms with van der Waals surface area (Å²) < 4.78 is 5.17. The molecule has 0 saturated carbocycles. The molecule has 0 fully saturated rings. The van der Waals surface area contributed by atoms with Crippen LogP contribution in [0.15, 0.2) is 54.6 Å². The van der Waals surface area contributed by atoms with Crippen LogP contribution in [-0.4, -0.2) is 32.5 Å². The molecule has 0 aromatic heterocycles. The first-order valence-corrected chi connectivity index (χ1v) is 7.81. The minimum absolute atomic E-state index is 0.163. The summed E-state index contributed by atoms with van der Waals surface area (Å²) >= 11 is 0. The van der Waals surface area contributed by atoms with Crippen molar-refractivity contribution in [1.29, 1.82) is 0 Å². The monoisotopic (exact) mass is 326 g/mol. The van der Waals surface area contributed by atoms with E-state index in [0.29, 0.717) is 13.0 Å². The Balaban J connectivity index is 1.77. The van der Waals surface area contributed by atoms with E-state index in [1.807, 2.05) is 54.6 Å². The van der Waals surface area contributed by atoms with Crippen molar-refractivity contribution < 1.29 is 14.3 Å². The van der Waals surface area contributed by atoms with Crippen LogP contribution >= 0.6 is 0 Å². The van der Waals surface area contributed by atoms with Gasteiger partial charge in [-0.15, -0.1) is 0 Å². The van der Waals surface area contributed by atoms with Crippen molar-refractivity contribution >= 4 is 17.5 Å². The first-order valence-electron chi connectivity index (χ1n) is 7.81. The molecule has 126 valence electrons. The van der Waals surface area contributed by atoms with E-state index < -0.39 is 0 Å². The molecule has 2 amide bonds. The van der Waals surface area contributed by atoms with Crippen LogP contribution in [0.2, 0.25) is 0 Å². The molecule has 0 spiro atoms. The van der Waals surface area contributed by atoms with E-state index in [9.17, 15) is 9.59 Å². The SMILES string of the molecule is COc1cccc(CCNC(=O)CC(=O)N(C)c2ccccc2)c1. The third-order valence-electron chi connectivity index (χ3n) is 3.70. The van der Waals surface area contributed by atoms with Crippen LogP contribution in [0.25, 0.3) is 0 Å². The Morgan fingerprint density at radius 3 is 2.54 bits per heavy atom. The van der Waals surface area contributed by atoms with Gasteiger partial charge in [0.15, 0.2) is 0 Å². The van der Waals surface area contributed by atoms with Crippen molar-refractivity contribution in [3.05, 3.63) is 60.2 Å². The van der Waals surface area contributed by atoms with Gasteiger partial charge in [0.2, 0.25) is 11.8 Å². The molecular formula is C19H22N2O3. The highest BCUT2D eigenvalue weighted by Gasteiger charge is 2.14. The summed E-state index contributed by atoms with van der Waals surface area (Å²) in [5, 5.41) is 2.78. The molecule has 0 atom stereocenters. The summed E-state index contributed by atoms with van der Waals surface area (Å²) in [5.74, 6) is 0.282. The third-order valence-corrected chi connectivity index (χ3v) is 3.70. The van der Waals surface area contributed by atoms with Crippen molar-refractivity contribution in [3.8, 4) is 5.75 Å². The van der Waals surface area contributed by atoms with Crippen LogP contribution in [0.5, 0.6) is 5.75 Å². The first kappa shape index (κ1) is 17.5. The zero-order valence-corrected chi connectivity index (χ0v) is 14.0. The number of methoxy groups -OCH3 is 1. The Morgan fingerprint density at radius 1 is 1.08 bits per heavy atom. The second kappa shape index (κ2) is 8.72. The standard InChI is InChI=1S/C19H22N2O3/c1-21(16-8-4-3-5-9-16)19(23)14-18(22)20-12-11-15-7-6-10-17(13-15)24-2/h3-10,13H,11-12,14H2,1-2H3,(H,20,22). The summed E-state index contributed by atoms with van der Waals surface area (Å²) in [4.78, 5) is 25.5. The number of ether oxygens (including phenoxy) is 1. The van der Waals surface area contributed by atoms with Gasteiger partial charge in [-0.05, 0) is 36.2 Å². The highest BCUT2D eigenvalue weighted by atomic mass is 16.5. The van der Waals surface area contributed by atoms with Gasteiger partial charge >= 0.3 is 0 Å². The van der Waals surface area contributed by atoms with Crippen molar-refractivity contribution in [2.75, 3.05) is 25.6 Å². The van der Waals surface area contributed by atoms with E-state index in [1.54, 1.807) is 14.2 Å². The lowest BCUT2D eigenvalue weighted by Gasteiger charge is -2.17. The maximum Gasteiger partial charge on any atom is 0.236 e. The Hall–Kier alpha value is -2.82. The molecule has 0 saturated heterocycles. The second-order valence-corrected chi connectivity index (χ2v) is 5.42. The maximum atomic E-state index is 12.1. The summed E-state index contributed by atoms with van der Waals surface area (Å²) in [5.41, 5.74) is 1.84. The Kier molecular flexibility index (Phi) is 6.37. The molecule has 0 heterocycles. The molecule has 24 heavy (non-hydrogen) atoms. The fraction of sp³-hybridized carbons (Fsp3) is 0.263. The molecule has 0 aliphatic rings. The van der Waals surface area contributed by atoms with Crippen LogP contribution in [0.1, 0.15) is 12.0 Å². The fourth-order valence-corrected chi connectivity index (χ4v) is 2.29. The van der Waals surface area contributed by atoms with Crippen LogP contribution < -0.4 is 15.0 Å². The van der Waals surface area contributed by atoms with Gasteiger partial charge in [0, 0.05) is 19.3 Å². The molecule has 0 aliphatic carbocycles. The molecule has 0 radical (unpaired) electrons. The number of hydrogen-bond acceptors (Lipinski definition) is 3.